The average molecular weight is 300 g/mol. The number of anilines is 1. The molecule has 6 heteroatoms. The topological polar surface area (TPSA) is 42.7 Å². The van der Waals surface area contributed by atoms with Crippen molar-refractivity contribution in [3.63, 3.8) is 0 Å². The smallest absolute Gasteiger partial charge is 0.214 e. The monoisotopic (exact) mass is 300 g/mol. The number of rotatable bonds is 2. The van der Waals surface area contributed by atoms with E-state index in [-0.39, 0.29) is 6.10 Å². The number of benzene rings is 1. The molecule has 108 valence electrons. The average Bonchev–Trinajstić information content (AvgIpc) is 3.06. The van der Waals surface area contributed by atoms with Crippen LogP contribution in [0.3, 0.4) is 0 Å². The Bertz CT molecular complexity index is 720. The summed E-state index contributed by atoms with van der Waals surface area (Å²) in [6.07, 6.45) is 2.07. The lowest BCUT2D eigenvalue weighted by atomic mass is 10.1. The van der Waals surface area contributed by atoms with E-state index in [0.29, 0.717) is 0 Å². The first-order valence-corrected chi connectivity index (χ1v) is 7.85. The Morgan fingerprint density at radius 2 is 2.14 bits per heavy atom. The van der Waals surface area contributed by atoms with E-state index < -0.39 is 0 Å². The van der Waals surface area contributed by atoms with Crippen molar-refractivity contribution in [3.8, 4) is 0 Å². The normalized spacial score (nSPS) is 19.3. The van der Waals surface area contributed by atoms with Crippen molar-refractivity contribution in [1.29, 1.82) is 0 Å². The van der Waals surface area contributed by atoms with E-state index in [1.807, 2.05) is 23.7 Å². The van der Waals surface area contributed by atoms with Crippen LogP contribution in [0.5, 0.6) is 0 Å². The minimum absolute atomic E-state index is 0.109. The van der Waals surface area contributed by atoms with Gasteiger partial charge < -0.3 is 9.64 Å². The molecule has 0 bridgehead atoms. The molecule has 1 unspecified atom stereocenters. The van der Waals surface area contributed by atoms with Crippen molar-refractivity contribution < 1.29 is 4.74 Å². The third kappa shape index (κ3) is 2.41. The van der Waals surface area contributed by atoms with Gasteiger partial charge in [0.15, 0.2) is 0 Å². The highest BCUT2D eigenvalue weighted by Gasteiger charge is 2.24. The van der Waals surface area contributed by atoms with E-state index in [2.05, 4.69) is 39.2 Å². The Labute approximate surface area is 126 Å². The Morgan fingerprint density at radius 3 is 2.95 bits per heavy atom. The number of hydrogen-bond donors (Lipinski definition) is 0. The van der Waals surface area contributed by atoms with Crippen molar-refractivity contribution in [2.45, 2.75) is 13.0 Å². The van der Waals surface area contributed by atoms with Gasteiger partial charge in [-0.15, -0.1) is 5.10 Å². The van der Waals surface area contributed by atoms with Gasteiger partial charge in [-0.25, -0.2) is 9.50 Å². The SMILES string of the molecule is Cc1cn2nc(N3CCOC(c4ccccc4)C3)sc2n1. The lowest BCUT2D eigenvalue weighted by Crippen LogP contribution is -2.38. The third-order valence-electron chi connectivity index (χ3n) is 3.66. The first-order chi connectivity index (χ1) is 10.3. The Hall–Kier alpha value is -1.92. The van der Waals surface area contributed by atoms with Crippen LogP contribution < -0.4 is 4.90 Å². The van der Waals surface area contributed by atoms with Crippen molar-refractivity contribution in [2.75, 3.05) is 24.6 Å². The molecule has 0 saturated carbocycles. The van der Waals surface area contributed by atoms with Crippen LogP contribution in [-0.4, -0.2) is 34.3 Å². The Morgan fingerprint density at radius 1 is 1.29 bits per heavy atom. The van der Waals surface area contributed by atoms with Crippen molar-refractivity contribution in [2.24, 2.45) is 0 Å². The molecule has 1 saturated heterocycles. The van der Waals surface area contributed by atoms with Gasteiger partial charge in [-0.1, -0.05) is 41.7 Å². The van der Waals surface area contributed by atoms with Gasteiger partial charge in [0.25, 0.3) is 0 Å². The predicted octanol–water partition coefficient (Wildman–Crippen LogP) is 2.68. The Balaban J connectivity index is 1.58. The standard InChI is InChI=1S/C15H16N4OS/c1-11-9-19-14(16-11)21-15(17-19)18-7-8-20-13(10-18)12-5-3-2-4-6-12/h2-6,9,13H,7-8,10H2,1H3. The van der Waals surface area contributed by atoms with Crippen LogP contribution >= 0.6 is 11.3 Å². The third-order valence-corrected chi connectivity index (χ3v) is 4.64. The van der Waals surface area contributed by atoms with Crippen LogP contribution in [0.25, 0.3) is 4.96 Å². The molecule has 1 atom stereocenters. The molecule has 0 aliphatic carbocycles. The molecule has 21 heavy (non-hydrogen) atoms. The van der Waals surface area contributed by atoms with Crippen molar-refractivity contribution in [3.05, 3.63) is 47.8 Å². The van der Waals surface area contributed by atoms with Crippen LogP contribution in [0.4, 0.5) is 5.13 Å². The highest BCUT2D eigenvalue weighted by Crippen LogP contribution is 2.29. The molecule has 0 spiro atoms. The molecule has 4 rings (SSSR count). The second-order valence-electron chi connectivity index (χ2n) is 5.21. The number of fused-ring (bicyclic) bond motifs is 1. The van der Waals surface area contributed by atoms with Crippen LogP contribution in [0.2, 0.25) is 0 Å². The molecule has 1 aromatic carbocycles. The van der Waals surface area contributed by atoms with Gasteiger partial charge in [0.05, 0.1) is 25.0 Å². The van der Waals surface area contributed by atoms with Crippen molar-refractivity contribution in [1.82, 2.24) is 14.6 Å². The first kappa shape index (κ1) is 12.8. The fourth-order valence-electron chi connectivity index (χ4n) is 2.62. The minimum Gasteiger partial charge on any atom is -0.370 e. The number of ether oxygens (including phenoxy) is 1. The summed E-state index contributed by atoms with van der Waals surface area (Å²) in [7, 11) is 0. The number of imidazole rings is 1. The lowest BCUT2D eigenvalue weighted by molar-refractivity contribution is 0.0397. The Kier molecular flexibility index (Phi) is 3.12. The largest absolute Gasteiger partial charge is 0.370 e. The summed E-state index contributed by atoms with van der Waals surface area (Å²) < 4.78 is 7.77. The molecule has 5 nitrogen and oxygen atoms in total. The van der Waals surface area contributed by atoms with Crippen LogP contribution in [0.1, 0.15) is 17.4 Å². The van der Waals surface area contributed by atoms with E-state index >= 15 is 0 Å². The second-order valence-corrected chi connectivity index (χ2v) is 6.14. The molecule has 0 amide bonds. The molecule has 1 aliphatic rings. The van der Waals surface area contributed by atoms with Gasteiger partial charge in [0, 0.05) is 6.54 Å². The van der Waals surface area contributed by atoms with Crippen LogP contribution in [0.15, 0.2) is 36.5 Å². The zero-order chi connectivity index (χ0) is 14.2. The number of aryl methyl sites for hydroxylation is 1. The fourth-order valence-corrected chi connectivity index (χ4v) is 3.58. The fraction of sp³-hybridized carbons (Fsp3) is 0.333. The quantitative estimate of drug-likeness (QED) is 0.730. The highest BCUT2D eigenvalue weighted by molar-refractivity contribution is 7.20. The van der Waals surface area contributed by atoms with E-state index in [9.17, 15) is 0 Å². The lowest BCUT2D eigenvalue weighted by Gasteiger charge is -2.32. The zero-order valence-electron chi connectivity index (χ0n) is 11.8. The van der Waals surface area contributed by atoms with Gasteiger partial charge in [0.2, 0.25) is 10.1 Å². The van der Waals surface area contributed by atoms with Gasteiger partial charge in [-0.3, -0.25) is 0 Å². The summed E-state index contributed by atoms with van der Waals surface area (Å²) in [5.41, 5.74) is 2.23. The molecule has 1 fully saturated rings. The van der Waals surface area contributed by atoms with Crippen LogP contribution in [-0.2, 0) is 4.74 Å². The molecular formula is C15H16N4OS. The van der Waals surface area contributed by atoms with E-state index in [1.54, 1.807) is 11.3 Å². The van der Waals surface area contributed by atoms with E-state index in [4.69, 9.17) is 4.74 Å². The van der Waals surface area contributed by atoms with Gasteiger partial charge >= 0.3 is 0 Å². The summed E-state index contributed by atoms with van der Waals surface area (Å²) in [5, 5.41) is 5.64. The van der Waals surface area contributed by atoms with E-state index in [0.717, 1.165) is 35.5 Å². The maximum absolute atomic E-state index is 5.90. The maximum atomic E-state index is 5.90. The number of hydrogen-bond acceptors (Lipinski definition) is 5. The summed E-state index contributed by atoms with van der Waals surface area (Å²) in [4.78, 5) is 7.70. The maximum Gasteiger partial charge on any atom is 0.214 e. The number of morpholine rings is 1. The van der Waals surface area contributed by atoms with Crippen LogP contribution in [0, 0.1) is 6.92 Å². The molecule has 1 aliphatic heterocycles. The highest BCUT2D eigenvalue weighted by atomic mass is 32.1. The van der Waals surface area contributed by atoms with Crippen molar-refractivity contribution >= 4 is 21.4 Å². The molecule has 0 N–H and O–H groups in total. The molecule has 3 heterocycles. The molecule has 3 aromatic rings. The summed E-state index contributed by atoms with van der Waals surface area (Å²) in [6, 6.07) is 10.4. The minimum atomic E-state index is 0.109. The van der Waals surface area contributed by atoms with Gasteiger partial charge in [0.1, 0.15) is 6.10 Å². The van der Waals surface area contributed by atoms with E-state index in [1.165, 1.54) is 5.56 Å². The first-order valence-electron chi connectivity index (χ1n) is 7.04. The summed E-state index contributed by atoms with van der Waals surface area (Å²) >= 11 is 1.63. The number of nitrogens with zero attached hydrogens (tertiary/aromatic N) is 4. The second kappa shape index (κ2) is 5.13. The summed E-state index contributed by atoms with van der Waals surface area (Å²) in [6.45, 7) is 4.42. The molecule has 0 radical (unpaired) electrons. The van der Waals surface area contributed by atoms with Gasteiger partial charge in [-0.05, 0) is 12.5 Å². The predicted molar refractivity (Wildman–Crippen MR) is 82.9 cm³/mol. The molecular weight excluding hydrogens is 284 g/mol. The number of aromatic nitrogens is 3. The zero-order valence-corrected chi connectivity index (χ0v) is 12.6. The van der Waals surface area contributed by atoms with Gasteiger partial charge in [-0.2, -0.15) is 0 Å². The molecule has 2 aromatic heterocycles. The summed E-state index contributed by atoms with van der Waals surface area (Å²) in [5.74, 6) is 0.